The smallest absolute Gasteiger partial charge is 0.161 e. The van der Waals surface area contributed by atoms with Gasteiger partial charge in [-0.2, -0.15) is 0 Å². The maximum Gasteiger partial charge on any atom is 0.161 e. The Morgan fingerprint density at radius 2 is 0.729 bits per heavy atom. The maximum atomic E-state index is 9.56. The van der Waals surface area contributed by atoms with Crippen LogP contribution >= 0.6 is 11.6 Å². The number of nitrogens with zero attached hydrogens (tertiary/aromatic N) is 4. The summed E-state index contributed by atoms with van der Waals surface area (Å²) in [7, 11) is 3.31. The third kappa shape index (κ3) is 17.9. The third-order valence-corrected chi connectivity index (χ3v) is 12.7. The number of alkyl halides is 1. The lowest BCUT2D eigenvalue weighted by Gasteiger charge is -2.35. The second-order valence-electron chi connectivity index (χ2n) is 17.4. The molecule has 0 unspecified atom stereocenters. The number of phenols is 4. The number of methoxy groups -OCH3 is 2. The first kappa shape index (κ1) is 55.7. The highest BCUT2D eigenvalue weighted by Gasteiger charge is 2.20. The van der Waals surface area contributed by atoms with Crippen LogP contribution in [0.4, 0.5) is 0 Å². The first-order valence-electron chi connectivity index (χ1n) is 23.7. The van der Waals surface area contributed by atoms with E-state index in [2.05, 4.69) is 36.3 Å². The van der Waals surface area contributed by atoms with Crippen molar-refractivity contribution < 1.29 is 50.3 Å². The van der Waals surface area contributed by atoms with Crippen molar-refractivity contribution in [3.05, 3.63) is 141 Å². The number of aliphatic hydroxyl groups excluding tert-OH is 4. The average molecular weight is 990 g/mol. The van der Waals surface area contributed by atoms with Crippen molar-refractivity contribution in [1.82, 2.24) is 30.2 Å². The van der Waals surface area contributed by atoms with Gasteiger partial charge in [-0.15, -0.1) is 11.6 Å². The molecule has 3 fully saturated rings. The Balaban J connectivity index is 0.000000195. The number of piperazine rings is 3. The van der Waals surface area contributed by atoms with Gasteiger partial charge in [0.25, 0.3) is 0 Å². The van der Waals surface area contributed by atoms with Crippen LogP contribution in [0.1, 0.15) is 50.1 Å². The molecular weight excluding hydrogens is 916 g/mol. The molecule has 8 rings (SSSR count). The average Bonchev–Trinajstić information content (AvgIpc) is 3.40. The number of ether oxygens (including phenoxy) is 2. The van der Waals surface area contributed by atoms with Gasteiger partial charge < -0.3 is 61.0 Å². The topological polar surface area (TPSA) is 217 Å². The quantitative estimate of drug-likeness (QED) is 0.0519. The second kappa shape index (κ2) is 29.8. The molecule has 10 N–H and O–H groups in total. The Kier molecular flexibility index (Phi) is 23.8. The SMILES string of the molecule is C1CNCCN1.COc1ccc(CN2CCN(Cc3ccc(CO)c(CO)c3)CC2)cc1OC.OCc1ccc(CCl)cc1CO.Oc1ccc(CN2CCN(Cc3ccc(O)c(O)c3)CC2)cc1O. The van der Waals surface area contributed by atoms with Gasteiger partial charge in [0.2, 0.25) is 0 Å². The molecule has 0 saturated carbocycles. The third-order valence-electron chi connectivity index (χ3n) is 12.4. The van der Waals surface area contributed by atoms with E-state index in [1.165, 1.54) is 23.3 Å². The van der Waals surface area contributed by atoms with Crippen molar-refractivity contribution in [2.24, 2.45) is 0 Å². The van der Waals surface area contributed by atoms with Crippen LogP contribution in [0.5, 0.6) is 34.5 Å². The lowest BCUT2D eigenvalue weighted by Crippen LogP contribution is -2.45. The fourth-order valence-corrected chi connectivity index (χ4v) is 8.47. The number of halogens is 1. The number of rotatable bonds is 15. The first-order chi connectivity index (χ1) is 34.0. The summed E-state index contributed by atoms with van der Waals surface area (Å²) >= 11 is 5.61. The Morgan fingerprint density at radius 3 is 1.07 bits per heavy atom. The zero-order chi connectivity index (χ0) is 50.3. The minimum absolute atomic E-state index is 0.0367. The van der Waals surface area contributed by atoms with Crippen LogP contribution in [-0.4, -0.2) is 153 Å². The molecule has 0 spiro atoms. The monoisotopic (exact) mass is 989 g/mol. The maximum absolute atomic E-state index is 9.56. The largest absolute Gasteiger partial charge is 0.504 e. The molecular formula is C53H73ClN6O10. The normalized spacial score (nSPS) is 15.6. The molecule has 3 saturated heterocycles. The van der Waals surface area contributed by atoms with Gasteiger partial charge >= 0.3 is 0 Å². The van der Waals surface area contributed by atoms with Gasteiger partial charge in [-0.3, -0.25) is 19.6 Å². The highest BCUT2D eigenvalue weighted by Crippen LogP contribution is 2.29. The molecule has 5 aromatic carbocycles. The Morgan fingerprint density at radius 1 is 0.400 bits per heavy atom. The highest BCUT2D eigenvalue weighted by atomic mass is 35.5. The summed E-state index contributed by atoms with van der Waals surface area (Å²) in [6.07, 6.45) is 0. The number of benzene rings is 5. The molecule has 0 aromatic heterocycles. The van der Waals surface area contributed by atoms with E-state index in [1.54, 1.807) is 38.5 Å². The minimum atomic E-state index is -0.0966. The minimum Gasteiger partial charge on any atom is -0.504 e. The molecule has 0 aliphatic carbocycles. The van der Waals surface area contributed by atoms with E-state index in [0.29, 0.717) is 5.88 Å². The zero-order valence-corrected chi connectivity index (χ0v) is 41.3. The highest BCUT2D eigenvalue weighted by molar-refractivity contribution is 6.17. The van der Waals surface area contributed by atoms with E-state index in [-0.39, 0.29) is 49.4 Å². The van der Waals surface area contributed by atoms with Crippen LogP contribution < -0.4 is 20.1 Å². The summed E-state index contributed by atoms with van der Waals surface area (Å²) in [4.78, 5) is 9.49. The first-order valence-corrected chi connectivity index (χ1v) is 24.3. The van der Waals surface area contributed by atoms with Crippen molar-refractivity contribution >= 4 is 11.6 Å². The van der Waals surface area contributed by atoms with Crippen LogP contribution in [0.2, 0.25) is 0 Å². The van der Waals surface area contributed by atoms with Crippen LogP contribution in [0.25, 0.3) is 0 Å². The van der Waals surface area contributed by atoms with Gasteiger partial charge in [0.15, 0.2) is 34.5 Å². The van der Waals surface area contributed by atoms with Gasteiger partial charge in [0.1, 0.15) is 0 Å². The van der Waals surface area contributed by atoms with Gasteiger partial charge in [-0.25, -0.2) is 0 Å². The standard InChI is InChI=1S/C22H30N2O4.C18H22N2O4.C9H11ClO2.C4H10N2/c1-27-21-6-4-18(12-22(21)28-2)14-24-9-7-23(8-10-24)13-17-3-5-19(15-25)20(11-17)16-26;21-15-3-1-13(9-17(15)23)11-19-5-7-20(8-6-19)12-14-2-4-16(22)18(24)10-14;10-4-7-1-2-8(5-11)9(3-7)6-12;1-2-6-4-3-5-1/h3-6,11-12,25-26H,7-10,13-16H2,1-2H3;1-4,9-10,21-24H,5-8,11-12H2;1-3,11-12H,4-6H2;5-6H,1-4H2. The van der Waals surface area contributed by atoms with Crippen molar-refractivity contribution in [3.63, 3.8) is 0 Å². The fourth-order valence-electron chi connectivity index (χ4n) is 8.30. The molecule has 3 aliphatic heterocycles. The summed E-state index contributed by atoms with van der Waals surface area (Å²) in [6, 6.07) is 27.3. The van der Waals surface area contributed by atoms with Gasteiger partial charge in [-0.05, 0) is 86.5 Å². The van der Waals surface area contributed by atoms with Crippen LogP contribution in [-0.2, 0) is 58.5 Å². The zero-order valence-electron chi connectivity index (χ0n) is 40.6. The van der Waals surface area contributed by atoms with Crippen LogP contribution in [0, 0.1) is 0 Å². The fraction of sp³-hybridized carbons (Fsp3) is 0.434. The molecule has 16 nitrogen and oxygen atoms in total. The molecule has 70 heavy (non-hydrogen) atoms. The molecule has 3 aliphatic rings. The summed E-state index contributed by atoms with van der Waals surface area (Å²) < 4.78 is 10.7. The van der Waals surface area contributed by atoms with Crippen molar-refractivity contribution in [3.8, 4) is 34.5 Å². The summed E-state index contributed by atoms with van der Waals surface area (Å²) in [5, 5.41) is 80.9. The van der Waals surface area contributed by atoms with Gasteiger partial charge in [0.05, 0.1) is 40.6 Å². The van der Waals surface area contributed by atoms with E-state index in [1.807, 2.05) is 48.5 Å². The van der Waals surface area contributed by atoms with E-state index in [4.69, 9.17) is 31.3 Å². The predicted octanol–water partition coefficient (Wildman–Crippen LogP) is 4.42. The summed E-state index contributed by atoms with van der Waals surface area (Å²) in [5.74, 6) is 1.59. The number of aliphatic hydroxyl groups is 4. The molecule has 17 heteroatoms. The molecule has 382 valence electrons. The number of hydrogen-bond donors (Lipinski definition) is 10. The Labute approximate surface area is 417 Å². The van der Waals surface area contributed by atoms with Crippen LogP contribution in [0.15, 0.2) is 91.0 Å². The molecule has 5 aromatic rings. The van der Waals surface area contributed by atoms with E-state index in [0.717, 1.165) is 155 Å². The molecule has 3 heterocycles. The Bertz CT molecular complexity index is 2190. The molecule has 0 radical (unpaired) electrons. The second-order valence-corrected chi connectivity index (χ2v) is 17.7. The van der Waals surface area contributed by atoms with E-state index < -0.39 is 0 Å². The van der Waals surface area contributed by atoms with Crippen molar-refractivity contribution in [1.29, 1.82) is 0 Å². The van der Waals surface area contributed by atoms with Crippen molar-refractivity contribution in [2.75, 3.05) is 92.8 Å². The van der Waals surface area contributed by atoms with Crippen molar-refractivity contribution in [2.45, 2.75) is 58.5 Å². The predicted molar refractivity (Wildman–Crippen MR) is 272 cm³/mol. The Hall–Kier alpha value is -5.21. The number of hydrogen-bond acceptors (Lipinski definition) is 16. The van der Waals surface area contributed by atoms with Crippen LogP contribution in [0.3, 0.4) is 0 Å². The summed E-state index contributed by atoms with van der Waals surface area (Å²) in [6.45, 7) is 15.3. The number of phenolic OH excluding ortho intramolecular Hbond substituents is 4. The van der Waals surface area contributed by atoms with Gasteiger partial charge in [-0.1, -0.05) is 54.6 Å². The van der Waals surface area contributed by atoms with E-state index in [9.17, 15) is 30.6 Å². The van der Waals surface area contributed by atoms with E-state index >= 15 is 0 Å². The molecule has 0 atom stereocenters. The lowest BCUT2D eigenvalue weighted by atomic mass is 10.0. The molecule has 0 bridgehead atoms. The number of aromatic hydroxyl groups is 4. The lowest BCUT2D eigenvalue weighted by molar-refractivity contribution is 0.122. The molecule has 0 amide bonds. The number of nitrogens with one attached hydrogen (secondary N) is 2. The van der Waals surface area contributed by atoms with Gasteiger partial charge in [0, 0.05) is 111 Å². The summed E-state index contributed by atoms with van der Waals surface area (Å²) in [5.41, 5.74) is 8.41.